The Labute approximate surface area is 228 Å². The van der Waals surface area contributed by atoms with Gasteiger partial charge in [0.25, 0.3) is 0 Å². The van der Waals surface area contributed by atoms with Crippen LogP contribution in [0.1, 0.15) is 12.8 Å². The maximum atomic E-state index is 13.3. The van der Waals surface area contributed by atoms with Crippen LogP contribution in [-0.4, -0.2) is 54.4 Å². The van der Waals surface area contributed by atoms with Gasteiger partial charge in [-0.2, -0.15) is 0 Å². The van der Waals surface area contributed by atoms with E-state index in [4.69, 9.17) is 32.9 Å². The van der Waals surface area contributed by atoms with Gasteiger partial charge in [-0.15, -0.1) is 11.8 Å². The van der Waals surface area contributed by atoms with Crippen molar-refractivity contribution in [3.63, 3.8) is 0 Å². The number of halogens is 2. The molecule has 172 valence electrons. The topological polar surface area (TPSA) is 94.4 Å². The second-order valence-electron chi connectivity index (χ2n) is 7.64. The van der Waals surface area contributed by atoms with Crippen LogP contribution in [0.5, 0.6) is 0 Å². The Hall–Kier alpha value is -0.840. The van der Waals surface area contributed by atoms with Gasteiger partial charge in [0.15, 0.2) is 5.43 Å². The van der Waals surface area contributed by atoms with E-state index >= 15 is 0 Å². The third-order valence-electron chi connectivity index (χ3n) is 5.70. The number of ether oxygens (including phenoxy) is 1. The van der Waals surface area contributed by atoms with Gasteiger partial charge >= 0.3 is 29.6 Å². The van der Waals surface area contributed by atoms with E-state index in [0.717, 1.165) is 37.5 Å². The molecule has 0 amide bonds. The number of anilines is 1. The third kappa shape index (κ3) is 5.54. The number of nitrogens with zero attached hydrogens (tertiary/aromatic N) is 3. The number of carbonyl (C=O) groups excluding carboxylic acids is 1. The second-order valence-corrected chi connectivity index (χ2v) is 9.27. The summed E-state index contributed by atoms with van der Waals surface area (Å²) in [7, 11) is 1.94. The summed E-state index contributed by atoms with van der Waals surface area (Å²) in [6.45, 7) is 2.23. The third-order valence-corrected chi connectivity index (χ3v) is 7.22. The first kappa shape index (κ1) is 28.4. The first-order chi connectivity index (χ1) is 15.0. The Kier molecular flexibility index (Phi) is 10.5. The van der Waals surface area contributed by atoms with Crippen LogP contribution in [0.3, 0.4) is 0 Å². The molecule has 33 heavy (non-hydrogen) atoms. The maximum Gasteiger partial charge on any atom is 1.00 e. The van der Waals surface area contributed by atoms with Crippen LogP contribution in [0.2, 0.25) is 10.0 Å². The molecule has 1 fully saturated rings. The number of aromatic nitrogens is 2. The summed E-state index contributed by atoms with van der Waals surface area (Å²) in [4.78, 5) is 32.2. The minimum Gasteiger partial charge on any atom is -0.870 e. The molecule has 1 aliphatic rings. The average Bonchev–Trinajstić information content (AvgIpc) is 2.77. The van der Waals surface area contributed by atoms with E-state index in [0.29, 0.717) is 43.7 Å². The molecule has 0 spiro atoms. The molecule has 1 aliphatic heterocycles. The zero-order valence-electron chi connectivity index (χ0n) is 18.7. The van der Waals surface area contributed by atoms with Crippen LogP contribution < -0.4 is 39.9 Å². The Morgan fingerprint density at radius 2 is 1.94 bits per heavy atom. The summed E-state index contributed by atoms with van der Waals surface area (Å²) in [6.07, 6.45) is 5.80. The molecule has 0 unspecified atom stereocenters. The standard InChI is InChI=1S/C22H22Cl2N3O3S.Na.H2O/c1-26(12-13-5-9-30-10-6-13)22-17(24)11-15-19(29)14-3-4-16(23)20(31-2)18(14)27(7-8-28)21(15)25-22;;/h3-4,11,13H,5-7,9-10,12H2,1-2H3;;1H2/q-1;+1;/p-1. The molecule has 1 N–H and O–H groups in total. The summed E-state index contributed by atoms with van der Waals surface area (Å²) in [5.41, 5.74) is 0.803. The SMILES string of the molecule is CSc1c(Cl)ccc2c(=O)c3cc(Cl)c(N(C)CC4CCOCC4)nc3n(C[C-]=O)c12.[Na+].[OH-]. The van der Waals surface area contributed by atoms with Crippen LogP contribution >= 0.6 is 35.0 Å². The molecule has 3 heterocycles. The normalized spacial score (nSPS) is 14.1. The van der Waals surface area contributed by atoms with E-state index < -0.39 is 0 Å². The first-order valence-electron chi connectivity index (χ1n) is 9.99. The Morgan fingerprint density at radius 1 is 1.24 bits per heavy atom. The van der Waals surface area contributed by atoms with Crippen molar-refractivity contribution in [3.8, 4) is 0 Å². The first-order valence-corrected chi connectivity index (χ1v) is 12.0. The molecule has 0 atom stereocenters. The number of thioether (sulfide) groups is 1. The van der Waals surface area contributed by atoms with E-state index in [2.05, 4.69) is 0 Å². The van der Waals surface area contributed by atoms with Crippen LogP contribution in [0.4, 0.5) is 5.82 Å². The molecule has 0 aliphatic carbocycles. The van der Waals surface area contributed by atoms with Crippen molar-refractivity contribution in [1.29, 1.82) is 0 Å². The van der Waals surface area contributed by atoms with Crippen molar-refractivity contribution >= 4 is 69.0 Å². The summed E-state index contributed by atoms with van der Waals surface area (Å²) in [5.74, 6) is 1.06. The predicted molar refractivity (Wildman–Crippen MR) is 130 cm³/mol. The smallest absolute Gasteiger partial charge is 0.870 e. The van der Waals surface area contributed by atoms with Crippen molar-refractivity contribution in [2.45, 2.75) is 24.3 Å². The summed E-state index contributed by atoms with van der Waals surface area (Å²) >= 11 is 14.4. The van der Waals surface area contributed by atoms with Gasteiger partial charge in [0.05, 0.1) is 25.8 Å². The van der Waals surface area contributed by atoms with Crippen molar-refractivity contribution in [3.05, 3.63) is 38.5 Å². The number of hydrogen-bond donors (Lipinski definition) is 0. The van der Waals surface area contributed by atoms with Crippen LogP contribution in [-0.2, 0) is 16.1 Å². The second kappa shape index (κ2) is 12.2. The van der Waals surface area contributed by atoms with Crippen LogP contribution in [0, 0.1) is 5.92 Å². The van der Waals surface area contributed by atoms with Crippen LogP contribution in [0.15, 0.2) is 27.9 Å². The fourth-order valence-electron chi connectivity index (χ4n) is 4.17. The van der Waals surface area contributed by atoms with E-state index in [1.165, 1.54) is 11.8 Å². The fourth-order valence-corrected chi connectivity index (χ4v) is 5.53. The number of pyridine rings is 2. The largest absolute Gasteiger partial charge is 1.00 e. The number of fused-ring (bicyclic) bond motifs is 2. The minimum absolute atomic E-state index is 0. The zero-order valence-corrected chi connectivity index (χ0v) is 23.1. The Balaban J connectivity index is 0.00000193. The van der Waals surface area contributed by atoms with E-state index in [9.17, 15) is 9.59 Å². The Morgan fingerprint density at radius 3 is 2.58 bits per heavy atom. The number of hydrogen-bond acceptors (Lipinski definition) is 7. The average molecular weight is 519 g/mol. The summed E-state index contributed by atoms with van der Waals surface area (Å²) in [5, 5.41) is 1.76. The van der Waals surface area contributed by atoms with Gasteiger partial charge in [-0.25, -0.2) is 11.3 Å². The molecular formula is C22H23Cl2N3NaO4S-. The molecule has 4 rings (SSSR count). The van der Waals surface area contributed by atoms with E-state index in [1.54, 1.807) is 22.8 Å². The van der Waals surface area contributed by atoms with Gasteiger partial charge in [-0.3, -0.25) is 4.79 Å². The van der Waals surface area contributed by atoms with Crippen LogP contribution in [0.25, 0.3) is 21.9 Å². The molecule has 11 heteroatoms. The molecule has 1 aromatic carbocycles. The number of rotatable bonds is 6. The van der Waals surface area contributed by atoms with Gasteiger partial charge < -0.3 is 24.5 Å². The molecule has 0 radical (unpaired) electrons. The molecular weight excluding hydrogens is 496 g/mol. The fraction of sp³-hybridized carbons (Fsp3) is 0.409. The van der Waals surface area contributed by atoms with Gasteiger partial charge in [-0.05, 0) is 43.2 Å². The van der Waals surface area contributed by atoms with Crippen molar-refractivity contribution < 1.29 is 44.6 Å². The van der Waals surface area contributed by atoms with Gasteiger partial charge in [0.2, 0.25) is 0 Å². The Bertz CT molecular complexity index is 1220. The van der Waals surface area contributed by atoms with Gasteiger partial charge in [0.1, 0.15) is 11.5 Å². The summed E-state index contributed by atoms with van der Waals surface area (Å²) in [6, 6.07) is 5.03. The van der Waals surface area contributed by atoms with Gasteiger partial charge in [-0.1, -0.05) is 29.7 Å². The molecule has 0 bridgehead atoms. The molecule has 0 saturated carbocycles. The maximum absolute atomic E-state index is 13.3. The molecule has 1 saturated heterocycles. The zero-order chi connectivity index (χ0) is 22.1. The van der Waals surface area contributed by atoms with Crippen molar-refractivity contribution in [2.75, 3.05) is 38.0 Å². The summed E-state index contributed by atoms with van der Waals surface area (Å²) < 4.78 is 7.16. The number of benzene rings is 1. The molecule has 7 nitrogen and oxygen atoms in total. The van der Waals surface area contributed by atoms with Gasteiger partial charge in [0, 0.05) is 32.2 Å². The quantitative estimate of drug-likeness (QED) is 0.210. The predicted octanol–water partition coefficient (Wildman–Crippen LogP) is 1.38. The molecule has 3 aromatic rings. The van der Waals surface area contributed by atoms with Crippen molar-refractivity contribution in [2.24, 2.45) is 5.92 Å². The molecule has 2 aromatic heterocycles. The van der Waals surface area contributed by atoms with E-state index in [-0.39, 0.29) is 47.0 Å². The monoisotopic (exact) mass is 518 g/mol. The van der Waals surface area contributed by atoms with Crippen molar-refractivity contribution in [1.82, 2.24) is 9.55 Å². The minimum atomic E-state index is -0.188. The van der Waals surface area contributed by atoms with E-state index in [1.807, 2.05) is 24.5 Å².